The number of hydrogen-bond acceptors (Lipinski definition) is 6. The molecule has 3 atom stereocenters. The minimum atomic E-state index is -3.09. The molecule has 0 bridgehead atoms. The summed E-state index contributed by atoms with van der Waals surface area (Å²) >= 11 is 0. The molecule has 2 rings (SSSR count). The highest BCUT2D eigenvalue weighted by Crippen LogP contribution is 2.21. The topological polar surface area (TPSA) is 102 Å². The molecule has 0 aliphatic carbocycles. The Bertz CT molecular complexity index is 425. The molecule has 2 saturated heterocycles. The Morgan fingerprint density at radius 2 is 2.17 bits per heavy atom. The average Bonchev–Trinajstić information content (AvgIpc) is 2.61. The summed E-state index contributed by atoms with van der Waals surface area (Å²) in [6, 6.07) is -1.17. The predicted molar refractivity (Wildman–Crippen MR) is 65.8 cm³/mol. The van der Waals surface area contributed by atoms with Gasteiger partial charge in [0.05, 0.1) is 24.7 Å². The molecule has 8 heteroatoms. The summed E-state index contributed by atoms with van der Waals surface area (Å²) in [5, 5.41) is 2.57. The van der Waals surface area contributed by atoms with Crippen LogP contribution in [0.2, 0.25) is 0 Å². The number of nitrogens with two attached hydrogens (primary N) is 1. The van der Waals surface area contributed by atoms with Crippen molar-refractivity contribution >= 4 is 15.7 Å². The van der Waals surface area contributed by atoms with Gasteiger partial charge in [0.1, 0.15) is 6.04 Å². The van der Waals surface area contributed by atoms with Crippen LogP contribution in [0, 0.1) is 0 Å². The van der Waals surface area contributed by atoms with Crippen molar-refractivity contribution < 1.29 is 17.9 Å². The van der Waals surface area contributed by atoms with E-state index >= 15 is 0 Å². The van der Waals surface area contributed by atoms with Crippen LogP contribution in [-0.2, 0) is 19.4 Å². The maximum absolute atomic E-state index is 11.8. The van der Waals surface area contributed by atoms with Gasteiger partial charge in [-0.2, -0.15) is 0 Å². The summed E-state index contributed by atoms with van der Waals surface area (Å²) in [6.07, 6.45) is 0. The first-order chi connectivity index (χ1) is 8.44. The number of morpholine rings is 1. The number of carbonyl (C=O) groups is 1. The number of nitrogens with zero attached hydrogens (tertiary/aromatic N) is 1. The van der Waals surface area contributed by atoms with Crippen LogP contribution >= 0.6 is 0 Å². The first-order valence-corrected chi connectivity index (χ1v) is 7.78. The molecule has 2 aliphatic rings. The van der Waals surface area contributed by atoms with Gasteiger partial charge in [0.25, 0.3) is 0 Å². The third-order valence-corrected chi connectivity index (χ3v) is 5.25. The lowest BCUT2D eigenvalue weighted by atomic mass is 10.1. The highest BCUT2D eigenvalue weighted by molar-refractivity contribution is 7.91. The van der Waals surface area contributed by atoms with E-state index in [9.17, 15) is 13.2 Å². The monoisotopic (exact) mass is 277 g/mol. The first kappa shape index (κ1) is 13.7. The summed E-state index contributed by atoms with van der Waals surface area (Å²) in [7, 11) is -1.53. The zero-order chi connectivity index (χ0) is 13.3. The molecule has 3 N–H and O–H groups in total. The van der Waals surface area contributed by atoms with Gasteiger partial charge in [-0.3, -0.25) is 9.69 Å². The summed E-state index contributed by atoms with van der Waals surface area (Å²) in [4.78, 5) is 13.7. The Morgan fingerprint density at radius 1 is 1.44 bits per heavy atom. The molecule has 2 fully saturated rings. The van der Waals surface area contributed by atoms with Crippen molar-refractivity contribution in [2.75, 3.05) is 38.3 Å². The molecule has 0 spiro atoms. The van der Waals surface area contributed by atoms with Gasteiger partial charge in [0.2, 0.25) is 5.91 Å². The highest BCUT2D eigenvalue weighted by atomic mass is 32.2. The molecule has 0 aromatic heterocycles. The van der Waals surface area contributed by atoms with E-state index in [4.69, 9.17) is 10.5 Å². The molecule has 18 heavy (non-hydrogen) atoms. The highest BCUT2D eigenvalue weighted by Gasteiger charge is 2.43. The lowest BCUT2D eigenvalue weighted by Gasteiger charge is -2.39. The van der Waals surface area contributed by atoms with Gasteiger partial charge in [0, 0.05) is 25.7 Å². The smallest absolute Gasteiger partial charge is 0.239 e. The molecule has 0 radical (unpaired) electrons. The fraction of sp³-hybridized carbons (Fsp3) is 0.900. The fourth-order valence-electron chi connectivity index (χ4n) is 2.60. The molecular weight excluding hydrogens is 258 g/mol. The molecule has 1 amide bonds. The van der Waals surface area contributed by atoms with Crippen LogP contribution < -0.4 is 11.1 Å². The van der Waals surface area contributed by atoms with Crippen molar-refractivity contribution in [1.82, 2.24) is 10.2 Å². The van der Waals surface area contributed by atoms with E-state index in [0.29, 0.717) is 13.2 Å². The number of rotatable bonds is 2. The maximum Gasteiger partial charge on any atom is 0.239 e. The van der Waals surface area contributed by atoms with Crippen molar-refractivity contribution in [3.05, 3.63) is 0 Å². The molecule has 0 aromatic carbocycles. The Balaban J connectivity index is 2.17. The minimum Gasteiger partial charge on any atom is -0.378 e. The van der Waals surface area contributed by atoms with Gasteiger partial charge in [-0.15, -0.1) is 0 Å². The second kappa shape index (κ2) is 5.12. The first-order valence-electron chi connectivity index (χ1n) is 5.95. The Morgan fingerprint density at radius 3 is 2.72 bits per heavy atom. The lowest BCUT2D eigenvalue weighted by Crippen LogP contribution is -2.60. The zero-order valence-corrected chi connectivity index (χ0v) is 11.1. The van der Waals surface area contributed by atoms with E-state index in [1.165, 1.54) is 0 Å². The molecular formula is C10H19N3O4S. The molecule has 2 aliphatic heterocycles. The van der Waals surface area contributed by atoms with Crippen molar-refractivity contribution in [2.45, 2.75) is 18.1 Å². The van der Waals surface area contributed by atoms with Crippen LogP contribution in [-0.4, -0.2) is 75.7 Å². The quantitative estimate of drug-likeness (QED) is 0.581. The number of ether oxygens (including phenoxy) is 1. The van der Waals surface area contributed by atoms with E-state index in [-0.39, 0.29) is 30.1 Å². The van der Waals surface area contributed by atoms with Crippen LogP contribution in [0.15, 0.2) is 0 Å². The van der Waals surface area contributed by atoms with Gasteiger partial charge >= 0.3 is 0 Å². The van der Waals surface area contributed by atoms with Crippen LogP contribution in [0.4, 0.5) is 0 Å². The second-order valence-corrected chi connectivity index (χ2v) is 6.90. The number of likely N-dealkylation sites (N-methyl/N-ethyl adjacent to an activating group) is 1. The van der Waals surface area contributed by atoms with E-state index < -0.39 is 21.9 Å². The summed E-state index contributed by atoms with van der Waals surface area (Å²) in [5.74, 6) is -0.136. The normalized spacial score (nSPS) is 36.4. The summed E-state index contributed by atoms with van der Waals surface area (Å²) in [5.41, 5.74) is 5.90. The number of nitrogens with one attached hydrogen (secondary N) is 1. The van der Waals surface area contributed by atoms with Gasteiger partial charge in [-0.25, -0.2) is 8.42 Å². The Kier molecular flexibility index (Phi) is 3.90. The van der Waals surface area contributed by atoms with Crippen LogP contribution in [0.3, 0.4) is 0 Å². The van der Waals surface area contributed by atoms with E-state index in [0.717, 1.165) is 0 Å². The lowest BCUT2D eigenvalue weighted by molar-refractivity contribution is -0.133. The van der Waals surface area contributed by atoms with Crippen LogP contribution in [0.25, 0.3) is 0 Å². The minimum absolute atomic E-state index is 0.00448. The molecule has 0 aromatic rings. The number of hydrogen-bond donors (Lipinski definition) is 2. The van der Waals surface area contributed by atoms with Gasteiger partial charge in [-0.05, 0) is 0 Å². The van der Waals surface area contributed by atoms with Crippen LogP contribution in [0.1, 0.15) is 0 Å². The standard InChI is InChI=1S/C10H19N3O4S/c1-12-10(14)8-4-17-3-2-13(8)9-6-18(15,16)5-7(9)11/h7-9H,2-6,11H2,1H3,(H,12,14). The number of sulfone groups is 1. The van der Waals surface area contributed by atoms with E-state index in [1.54, 1.807) is 7.05 Å². The molecule has 2 heterocycles. The van der Waals surface area contributed by atoms with Crippen molar-refractivity contribution in [3.8, 4) is 0 Å². The zero-order valence-electron chi connectivity index (χ0n) is 10.3. The Labute approximate surface area is 107 Å². The van der Waals surface area contributed by atoms with Crippen molar-refractivity contribution in [3.63, 3.8) is 0 Å². The summed E-state index contributed by atoms with van der Waals surface area (Å²) in [6.45, 7) is 1.31. The third kappa shape index (κ3) is 2.66. The molecule has 3 unspecified atom stereocenters. The molecule has 7 nitrogen and oxygen atoms in total. The molecule has 104 valence electrons. The second-order valence-electron chi connectivity index (χ2n) is 4.75. The molecule has 0 saturated carbocycles. The van der Waals surface area contributed by atoms with Crippen molar-refractivity contribution in [2.24, 2.45) is 5.73 Å². The average molecular weight is 277 g/mol. The SMILES string of the molecule is CNC(=O)C1COCCN1C1CS(=O)(=O)CC1N. The van der Waals surface area contributed by atoms with E-state index in [1.807, 2.05) is 4.90 Å². The van der Waals surface area contributed by atoms with Gasteiger partial charge in [0.15, 0.2) is 9.84 Å². The Hall–Kier alpha value is -0.700. The predicted octanol–water partition coefficient (Wildman–Crippen LogP) is -2.44. The van der Waals surface area contributed by atoms with Crippen LogP contribution in [0.5, 0.6) is 0 Å². The largest absolute Gasteiger partial charge is 0.378 e. The van der Waals surface area contributed by atoms with E-state index in [2.05, 4.69) is 5.32 Å². The summed E-state index contributed by atoms with van der Waals surface area (Å²) < 4.78 is 28.5. The third-order valence-electron chi connectivity index (χ3n) is 3.51. The van der Waals surface area contributed by atoms with Gasteiger partial charge < -0.3 is 15.8 Å². The van der Waals surface area contributed by atoms with Gasteiger partial charge in [-0.1, -0.05) is 0 Å². The van der Waals surface area contributed by atoms with Crippen molar-refractivity contribution in [1.29, 1.82) is 0 Å². The maximum atomic E-state index is 11.8. The fourth-order valence-corrected chi connectivity index (χ4v) is 4.51. The number of amides is 1. The number of carbonyl (C=O) groups excluding carboxylic acids is 1.